The summed E-state index contributed by atoms with van der Waals surface area (Å²) in [4.78, 5) is 211. The number of guanidine groups is 3. The maximum atomic E-state index is 15.0. The zero-order valence-corrected chi connectivity index (χ0v) is 68.2. The van der Waals surface area contributed by atoms with Crippen LogP contribution in [0.4, 0.5) is 5.69 Å². The number of aliphatic hydroxyl groups is 2. The van der Waals surface area contributed by atoms with E-state index in [1.165, 1.54) is 13.8 Å². The van der Waals surface area contributed by atoms with Crippen molar-refractivity contribution in [2.24, 2.45) is 34.8 Å². The SMILES string of the molecule is CC[C@H](C)[C@H](NC(=O)[C@H](CCCNC(=N)N)NC(=O)[C@H](Cc1ccccc1)NC(=O)[C@@H](C)NC(=O)[C@H](CS)NC(=O)[C@H](CO)NC(=O)[C@@H](N)CO)C(=O)N[C@@H](CC(=O)O)C(=O)N[C@@H](CCCNC(=N)N)C(=O)N[C@H](C(=O)N[C@@H](CS)C(=O)N[C@@H](Cc1ccccc1)C(=O)N(C(=O)Cc1ccc(N)cc1)[C@H](C=O)CCCNC(=N)N)[C@@H](C)CC. The second-order valence-electron chi connectivity index (χ2n) is 27.9. The molecule has 0 aliphatic heterocycles. The van der Waals surface area contributed by atoms with Gasteiger partial charge in [-0.3, -0.25) is 88.3 Å². The van der Waals surface area contributed by atoms with Gasteiger partial charge in [-0.15, -0.1) is 0 Å². The Hall–Kier alpha value is -11.7. The Balaban J connectivity index is 2.01. The highest BCUT2D eigenvalue weighted by molar-refractivity contribution is 7.80. The monoisotopic (exact) mass is 1690 g/mol. The van der Waals surface area contributed by atoms with Gasteiger partial charge in [-0.05, 0) is 86.1 Å². The predicted molar refractivity (Wildman–Crippen MR) is 442 cm³/mol. The highest BCUT2D eigenvalue weighted by Gasteiger charge is 2.41. The summed E-state index contributed by atoms with van der Waals surface area (Å²) < 4.78 is 0. The topological polar surface area (TPSA) is 690 Å². The lowest BCUT2D eigenvalue weighted by molar-refractivity contribution is -0.151. The highest BCUT2D eigenvalue weighted by Crippen LogP contribution is 2.19. The normalized spacial score (nSPS) is 14.8. The van der Waals surface area contributed by atoms with Crippen LogP contribution >= 0.6 is 25.3 Å². The average Bonchev–Trinajstić information content (AvgIpc) is 0.819. The fourth-order valence-corrected chi connectivity index (χ4v) is 12.1. The van der Waals surface area contributed by atoms with Crippen molar-refractivity contribution in [3.8, 4) is 0 Å². The molecule has 41 nitrogen and oxygen atoms in total. The lowest BCUT2D eigenvalue weighted by Crippen LogP contribution is -2.62. The number of carbonyl (C=O) groups is 15. The summed E-state index contributed by atoms with van der Waals surface area (Å²) in [5.41, 5.74) is 29.8. The number of aliphatic carboxylic acids is 1. The van der Waals surface area contributed by atoms with Crippen molar-refractivity contribution in [2.45, 2.75) is 190 Å². The number of nitrogen functional groups attached to an aromatic ring is 1. The molecule has 0 fully saturated rings. The van der Waals surface area contributed by atoms with Crippen LogP contribution in [0.5, 0.6) is 0 Å². The molecule has 0 unspecified atom stereocenters. The Morgan fingerprint density at radius 1 is 0.449 bits per heavy atom. The van der Waals surface area contributed by atoms with Gasteiger partial charge in [-0.1, -0.05) is 113 Å². The van der Waals surface area contributed by atoms with E-state index >= 15 is 4.79 Å². The molecule has 3 rings (SSSR count). The molecule has 0 radical (unpaired) electrons. The summed E-state index contributed by atoms with van der Waals surface area (Å²) >= 11 is 8.50. The van der Waals surface area contributed by atoms with Crippen molar-refractivity contribution < 1.29 is 87.2 Å². The summed E-state index contributed by atoms with van der Waals surface area (Å²) in [5.74, 6) is -18.5. The van der Waals surface area contributed by atoms with Crippen LogP contribution in [0.2, 0.25) is 0 Å². The number of aldehydes is 1. The summed E-state index contributed by atoms with van der Waals surface area (Å²) in [7, 11) is 0. The quantitative estimate of drug-likeness (QED) is 0.00625. The van der Waals surface area contributed by atoms with Gasteiger partial charge >= 0.3 is 5.97 Å². The fourth-order valence-electron chi connectivity index (χ4n) is 11.6. The van der Waals surface area contributed by atoms with Crippen LogP contribution in [0.1, 0.15) is 109 Å². The first-order valence-electron chi connectivity index (χ1n) is 38.2. The molecule has 15 atom stereocenters. The Morgan fingerprint density at radius 2 is 0.822 bits per heavy atom. The molecule has 0 spiro atoms. The van der Waals surface area contributed by atoms with Crippen molar-refractivity contribution in [1.82, 2.24) is 79.3 Å². The number of carboxylic acid groups (broad SMARTS) is 1. The molecule has 118 heavy (non-hydrogen) atoms. The lowest BCUT2D eigenvalue weighted by Gasteiger charge is -2.32. The molecule has 0 saturated heterocycles. The molecule has 30 N–H and O–H groups in total. The van der Waals surface area contributed by atoms with E-state index in [-0.39, 0.29) is 102 Å². The van der Waals surface area contributed by atoms with E-state index in [1.54, 1.807) is 106 Å². The molecule has 43 heteroatoms. The predicted octanol–water partition coefficient (Wildman–Crippen LogP) is -5.90. The van der Waals surface area contributed by atoms with E-state index in [1.807, 2.05) is 0 Å². The molecule has 0 saturated carbocycles. The number of hydrogen-bond donors (Lipinski definition) is 27. The molecule has 650 valence electrons. The van der Waals surface area contributed by atoms with Crippen LogP contribution in [-0.4, -0.2) is 250 Å². The number of rotatable bonds is 53. The number of nitrogens with two attached hydrogens (primary N) is 5. The minimum atomic E-state index is -2.02. The summed E-state index contributed by atoms with van der Waals surface area (Å²) in [6.45, 7) is 5.94. The third kappa shape index (κ3) is 35.4. The molecule has 0 aliphatic rings. The van der Waals surface area contributed by atoms with Crippen molar-refractivity contribution >= 4 is 138 Å². The van der Waals surface area contributed by atoms with E-state index in [2.05, 4.69) is 99.7 Å². The number of nitrogens with one attached hydrogen (secondary N) is 17. The Bertz CT molecular complexity index is 3900. The van der Waals surface area contributed by atoms with Crippen molar-refractivity contribution in [2.75, 3.05) is 50.1 Å². The standard InChI is InChI=1S/C75H115N23O18S2/c1-6-40(3)59(96-63(107)49(22-15-29-85-74(80)81)88-65(109)51(31-43-17-10-8-11-18-43)90-61(105)42(5)87-68(112)55(38-117)94-67(111)54(37-101)93-62(106)48(77)36-100)70(114)91-52(34-58(103)104)66(110)89-50(23-16-30-86-75(82)83)64(108)97-60(41(4)7-2)71(115)95-56(39-118)69(113)92-53(32-44-19-12-9-13-20-44)72(116)98(47(35-99)21-14-28-84-73(78)79)57(102)33-45-24-26-46(76)27-25-45/h8-13,17-20,24-27,35,40-42,47-56,59-60,100-101,117-118H,6-7,14-16,21-23,28-34,36-39,76-77H2,1-5H3,(H,87,112)(H,88,109)(H,89,110)(H,90,105)(H,91,114)(H,92,113)(H,93,106)(H,94,111)(H,95,115)(H,96,107)(H,97,108)(H,103,104)(H4,78,79,84)(H4,80,81,85)(H4,82,83,86)/t40-,41-,42+,47-,48-,49-,50-,51-,52-,53-,54-,55-,56-,59-,60-/m0/s1. The van der Waals surface area contributed by atoms with E-state index in [0.717, 1.165) is 4.90 Å². The molecule has 0 aromatic heterocycles. The zero-order valence-electron chi connectivity index (χ0n) is 66.4. The molecular formula is C75H115N23O18S2. The van der Waals surface area contributed by atoms with Crippen LogP contribution in [-0.2, 0) is 91.2 Å². The Morgan fingerprint density at radius 3 is 1.25 bits per heavy atom. The van der Waals surface area contributed by atoms with E-state index in [4.69, 9.17) is 44.9 Å². The van der Waals surface area contributed by atoms with E-state index in [9.17, 15) is 82.4 Å². The smallest absolute Gasteiger partial charge is 0.305 e. The molecular weight excluding hydrogens is 1580 g/mol. The van der Waals surface area contributed by atoms with Crippen LogP contribution < -0.4 is 103 Å². The second-order valence-corrected chi connectivity index (χ2v) is 28.7. The van der Waals surface area contributed by atoms with Gasteiger partial charge in [0.1, 0.15) is 78.8 Å². The highest BCUT2D eigenvalue weighted by atomic mass is 32.1. The first-order valence-corrected chi connectivity index (χ1v) is 39.4. The van der Waals surface area contributed by atoms with Gasteiger partial charge in [0.15, 0.2) is 17.9 Å². The van der Waals surface area contributed by atoms with Gasteiger partial charge in [0.2, 0.25) is 70.9 Å². The Kier molecular flexibility index (Phi) is 45.0. The first kappa shape index (κ1) is 100. The van der Waals surface area contributed by atoms with Gasteiger partial charge in [-0.25, -0.2) is 0 Å². The lowest BCUT2D eigenvalue weighted by atomic mass is 9.96. The third-order valence-corrected chi connectivity index (χ3v) is 19.4. The number of carboxylic acids is 1. The van der Waals surface area contributed by atoms with Gasteiger partial charge in [0, 0.05) is 49.7 Å². The number of aliphatic hydroxyl groups excluding tert-OH is 2. The van der Waals surface area contributed by atoms with Crippen molar-refractivity contribution in [3.05, 3.63) is 102 Å². The number of hydrogen-bond acceptors (Lipinski definition) is 24. The molecule has 3 aromatic carbocycles. The first-order chi connectivity index (χ1) is 55.9. The molecule has 0 aliphatic carbocycles. The second kappa shape index (κ2) is 52.8. The van der Waals surface area contributed by atoms with E-state index < -0.39 is 210 Å². The molecule has 3 aromatic rings. The van der Waals surface area contributed by atoms with Gasteiger partial charge in [0.25, 0.3) is 5.91 Å². The minimum Gasteiger partial charge on any atom is -0.481 e. The number of benzene rings is 3. The molecule has 0 bridgehead atoms. The van der Waals surface area contributed by atoms with Crippen LogP contribution in [0, 0.1) is 28.1 Å². The fraction of sp³-hybridized carbons (Fsp3) is 0.520. The van der Waals surface area contributed by atoms with E-state index in [0.29, 0.717) is 28.7 Å². The van der Waals surface area contributed by atoms with Crippen molar-refractivity contribution in [1.29, 1.82) is 16.2 Å². The largest absolute Gasteiger partial charge is 0.481 e. The van der Waals surface area contributed by atoms with Crippen LogP contribution in [0.3, 0.4) is 0 Å². The van der Waals surface area contributed by atoms with Crippen molar-refractivity contribution in [3.63, 3.8) is 0 Å². The van der Waals surface area contributed by atoms with Gasteiger partial charge in [0.05, 0.1) is 32.1 Å². The van der Waals surface area contributed by atoms with Crippen LogP contribution in [0.25, 0.3) is 0 Å². The number of anilines is 1. The summed E-state index contributed by atoms with van der Waals surface area (Å²) in [5, 5.41) is 87.3. The summed E-state index contributed by atoms with van der Waals surface area (Å²) in [6.07, 6.45) is -1.71. The number of thiol groups is 2. The molecule has 13 amide bonds. The number of imide groups is 1. The average molecular weight is 1690 g/mol. The maximum absolute atomic E-state index is 15.0. The summed E-state index contributed by atoms with van der Waals surface area (Å²) in [6, 6.07) is 2.27. The number of amides is 13. The van der Waals surface area contributed by atoms with Gasteiger partial charge in [-0.2, -0.15) is 25.3 Å². The maximum Gasteiger partial charge on any atom is 0.305 e. The van der Waals surface area contributed by atoms with Crippen LogP contribution in [0.15, 0.2) is 84.9 Å². The number of carbonyl (C=O) groups excluding carboxylic acids is 14. The third-order valence-electron chi connectivity index (χ3n) is 18.7. The Labute approximate surface area is 694 Å². The molecule has 0 heterocycles. The zero-order chi connectivity index (χ0) is 88.3. The van der Waals surface area contributed by atoms with Gasteiger partial charge < -0.3 is 123 Å². The minimum absolute atomic E-state index is 0.0199. The number of nitrogens with zero attached hydrogens (tertiary/aromatic N) is 1.